The quantitative estimate of drug-likeness (QED) is 0.811. The molecule has 8 heteroatoms. The zero-order valence-electron chi connectivity index (χ0n) is 14.7. The van der Waals surface area contributed by atoms with Gasteiger partial charge >= 0.3 is 0 Å². The highest BCUT2D eigenvalue weighted by molar-refractivity contribution is 5.76. The number of aromatic amines is 1. The van der Waals surface area contributed by atoms with Gasteiger partial charge in [0.2, 0.25) is 11.8 Å². The molecule has 1 unspecified atom stereocenters. The third kappa shape index (κ3) is 4.07. The first-order valence-corrected chi connectivity index (χ1v) is 8.62. The van der Waals surface area contributed by atoms with Gasteiger partial charge in [-0.05, 0) is 6.42 Å². The number of nitrogens with zero attached hydrogens (tertiary/aromatic N) is 4. The fourth-order valence-electron chi connectivity index (χ4n) is 3.15. The van der Waals surface area contributed by atoms with Crippen LogP contribution in [0.5, 0.6) is 0 Å². The number of aryl methyl sites for hydroxylation is 1. The van der Waals surface area contributed by atoms with E-state index in [1.54, 1.807) is 12.4 Å². The van der Waals surface area contributed by atoms with Crippen molar-refractivity contribution in [3.63, 3.8) is 0 Å². The van der Waals surface area contributed by atoms with Crippen molar-refractivity contribution < 1.29 is 9.59 Å². The number of hydrogen-bond acceptors (Lipinski definition) is 4. The summed E-state index contributed by atoms with van der Waals surface area (Å²) in [7, 11) is 0. The third-order valence-corrected chi connectivity index (χ3v) is 4.53. The summed E-state index contributed by atoms with van der Waals surface area (Å²) in [5, 5.41) is 2.74. The van der Waals surface area contributed by atoms with Crippen LogP contribution in [-0.4, -0.2) is 49.3 Å². The van der Waals surface area contributed by atoms with E-state index in [0.29, 0.717) is 19.6 Å². The van der Waals surface area contributed by atoms with Gasteiger partial charge in [0.05, 0.1) is 18.4 Å². The predicted octanol–water partition coefficient (Wildman–Crippen LogP) is 0.821. The molecular weight excluding hydrogens is 320 g/mol. The minimum atomic E-state index is -0.0697. The lowest BCUT2D eigenvalue weighted by molar-refractivity contribution is -0.130. The van der Waals surface area contributed by atoms with E-state index < -0.39 is 0 Å². The lowest BCUT2D eigenvalue weighted by atomic mass is 10.1. The standard InChI is InChI=1S/C17H24N6O2/c1-3-15-18-5-7-22(15)11-16(25)23-6-4-13(10-23)17-20-9-14(21-17)8-19-12(2)24/h5,7,9,13H,3-4,6,8,10-11H2,1-2H3,(H,19,24)(H,20,21). The van der Waals surface area contributed by atoms with Crippen molar-refractivity contribution in [1.29, 1.82) is 0 Å². The molecule has 134 valence electrons. The fourth-order valence-corrected chi connectivity index (χ4v) is 3.15. The summed E-state index contributed by atoms with van der Waals surface area (Å²) in [6.07, 6.45) is 7.04. The van der Waals surface area contributed by atoms with E-state index in [1.165, 1.54) is 6.92 Å². The van der Waals surface area contributed by atoms with Crippen molar-refractivity contribution in [2.75, 3.05) is 13.1 Å². The molecule has 0 bridgehead atoms. The zero-order valence-corrected chi connectivity index (χ0v) is 14.7. The molecule has 0 aromatic carbocycles. The first-order chi connectivity index (χ1) is 12.1. The SMILES string of the molecule is CCc1nccn1CC(=O)N1CCC(c2ncc(CNC(C)=O)[nH]2)C1. The zero-order chi connectivity index (χ0) is 17.8. The minimum Gasteiger partial charge on any atom is -0.351 e. The highest BCUT2D eigenvalue weighted by Gasteiger charge is 2.29. The minimum absolute atomic E-state index is 0.0697. The Kier molecular flexibility index (Phi) is 5.16. The van der Waals surface area contributed by atoms with Gasteiger partial charge in [0.25, 0.3) is 0 Å². The van der Waals surface area contributed by atoms with Gasteiger partial charge in [0.1, 0.15) is 18.2 Å². The molecule has 2 aromatic heterocycles. The van der Waals surface area contributed by atoms with Gasteiger partial charge in [-0.2, -0.15) is 0 Å². The van der Waals surface area contributed by atoms with Crippen molar-refractivity contribution in [2.45, 2.75) is 45.7 Å². The molecule has 0 spiro atoms. The highest BCUT2D eigenvalue weighted by Crippen LogP contribution is 2.25. The molecule has 1 atom stereocenters. The first-order valence-electron chi connectivity index (χ1n) is 8.62. The summed E-state index contributed by atoms with van der Waals surface area (Å²) < 4.78 is 1.91. The van der Waals surface area contributed by atoms with E-state index in [9.17, 15) is 9.59 Å². The second-order valence-corrected chi connectivity index (χ2v) is 6.35. The molecule has 0 radical (unpaired) electrons. The van der Waals surface area contributed by atoms with Crippen molar-refractivity contribution in [3.05, 3.63) is 35.9 Å². The van der Waals surface area contributed by atoms with Crippen LogP contribution in [-0.2, 0) is 29.1 Å². The largest absolute Gasteiger partial charge is 0.351 e. The number of carbonyl (C=O) groups excluding carboxylic acids is 2. The van der Waals surface area contributed by atoms with Gasteiger partial charge < -0.3 is 19.8 Å². The fraction of sp³-hybridized carbons (Fsp3) is 0.529. The van der Waals surface area contributed by atoms with Crippen molar-refractivity contribution in [3.8, 4) is 0 Å². The second kappa shape index (κ2) is 7.50. The molecule has 2 amide bonds. The number of imidazole rings is 2. The molecule has 0 saturated carbocycles. The van der Waals surface area contributed by atoms with Gasteiger partial charge in [-0.3, -0.25) is 9.59 Å². The van der Waals surface area contributed by atoms with Crippen LogP contribution >= 0.6 is 0 Å². The summed E-state index contributed by atoms with van der Waals surface area (Å²) >= 11 is 0. The van der Waals surface area contributed by atoms with E-state index in [1.807, 2.05) is 22.6 Å². The van der Waals surface area contributed by atoms with Crippen LogP contribution in [0.15, 0.2) is 18.6 Å². The smallest absolute Gasteiger partial charge is 0.242 e. The van der Waals surface area contributed by atoms with E-state index in [4.69, 9.17) is 0 Å². The van der Waals surface area contributed by atoms with Crippen LogP contribution in [0.4, 0.5) is 0 Å². The Labute approximate surface area is 146 Å². The van der Waals surface area contributed by atoms with Gasteiger partial charge in [0.15, 0.2) is 0 Å². The van der Waals surface area contributed by atoms with Gasteiger partial charge in [0, 0.05) is 44.7 Å². The summed E-state index contributed by atoms with van der Waals surface area (Å²) in [6.45, 7) is 5.70. The van der Waals surface area contributed by atoms with Crippen LogP contribution in [0.3, 0.4) is 0 Å². The topological polar surface area (TPSA) is 95.9 Å². The Morgan fingerprint density at radius 2 is 2.24 bits per heavy atom. The Morgan fingerprint density at radius 3 is 3.00 bits per heavy atom. The number of rotatable bonds is 6. The number of hydrogen-bond donors (Lipinski definition) is 2. The van der Waals surface area contributed by atoms with Gasteiger partial charge in [-0.25, -0.2) is 9.97 Å². The maximum atomic E-state index is 12.5. The molecule has 1 aliphatic rings. The predicted molar refractivity (Wildman–Crippen MR) is 91.7 cm³/mol. The molecule has 0 aliphatic carbocycles. The second-order valence-electron chi connectivity index (χ2n) is 6.35. The summed E-state index contributed by atoms with van der Waals surface area (Å²) in [6, 6.07) is 0. The summed E-state index contributed by atoms with van der Waals surface area (Å²) in [4.78, 5) is 37.3. The summed E-state index contributed by atoms with van der Waals surface area (Å²) in [5.74, 6) is 2.06. The third-order valence-electron chi connectivity index (χ3n) is 4.53. The Morgan fingerprint density at radius 1 is 1.40 bits per heavy atom. The van der Waals surface area contributed by atoms with E-state index >= 15 is 0 Å². The molecule has 2 aromatic rings. The van der Waals surface area contributed by atoms with E-state index in [0.717, 1.165) is 36.7 Å². The van der Waals surface area contributed by atoms with E-state index in [-0.39, 0.29) is 17.7 Å². The number of carbonyl (C=O) groups is 2. The number of aromatic nitrogens is 4. The molecule has 1 saturated heterocycles. The number of amides is 2. The molecule has 1 fully saturated rings. The lowest BCUT2D eigenvalue weighted by Gasteiger charge is -2.17. The Bertz CT molecular complexity index is 750. The molecule has 1 aliphatic heterocycles. The molecule has 8 nitrogen and oxygen atoms in total. The van der Waals surface area contributed by atoms with Crippen LogP contribution in [0, 0.1) is 0 Å². The lowest BCUT2D eigenvalue weighted by Crippen LogP contribution is -2.32. The monoisotopic (exact) mass is 344 g/mol. The van der Waals surface area contributed by atoms with Crippen LogP contribution in [0.2, 0.25) is 0 Å². The van der Waals surface area contributed by atoms with Crippen LogP contribution in [0.1, 0.15) is 43.5 Å². The Balaban J connectivity index is 1.56. The van der Waals surface area contributed by atoms with Gasteiger partial charge in [-0.15, -0.1) is 0 Å². The highest BCUT2D eigenvalue weighted by atomic mass is 16.2. The molecule has 3 heterocycles. The molecule has 2 N–H and O–H groups in total. The average Bonchev–Trinajstić information content (AvgIpc) is 3.32. The van der Waals surface area contributed by atoms with Gasteiger partial charge in [-0.1, -0.05) is 6.92 Å². The maximum absolute atomic E-state index is 12.5. The molecular formula is C17H24N6O2. The average molecular weight is 344 g/mol. The van der Waals surface area contributed by atoms with Crippen molar-refractivity contribution >= 4 is 11.8 Å². The van der Waals surface area contributed by atoms with Crippen molar-refractivity contribution in [2.24, 2.45) is 0 Å². The van der Waals surface area contributed by atoms with E-state index in [2.05, 4.69) is 20.3 Å². The first kappa shape index (κ1) is 17.2. The normalized spacial score (nSPS) is 17.0. The molecule has 3 rings (SSSR count). The van der Waals surface area contributed by atoms with Crippen LogP contribution < -0.4 is 5.32 Å². The van der Waals surface area contributed by atoms with Crippen molar-refractivity contribution in [1.82, 2.24) is 29.7 Å². The maximum Gasteiger partial charge on any atom is 0.242 e. The number of nitrogens with one attached hydrogen (secondary N) is 2. The Hall–Kier alpha value is -2.64. The number of H-pyrrole nitrogens is 1. The molecule has 25 heavy (non-hydrogen) atoms. The number of likely N-dealkylation sites (tertiary alicyclic amines) is 1. The summed E-state index contributed by atoms with van der Waals surface area (Å²) in [5.41, 5.74) is 0.876. The van der Waals surface area contributed by atoms with Crippen LogP contribution in [0.25, 0.3) is 0 Å².